The van der Waals surface area contributed by atoms with Crippen molar-refractivity contribution in [2.24, 2.45) is 5.92 Å². The second kappa shape index (κ2) is 4.19. The zero-order valence-corrected chi connectivity index (χ0v) is 8.91. The molecule has 2 nitrogen and oxygen atoms in total. The summed E-state index contributed by atoms with van der Waals surface area (Å²) in [4.78, 5) is 0. The Labute approximate surface area is 86.3 Å². The van der Waals surface area contributed by atoms with Gasteiger partial charge in [-0.05, 0) is 50.9 Å². The Morgan fingerprint density at radius 2 is 1.79 bits per heavy atom. The van der Waals surface area contributed by atoms with Gasteiger partial charge in [0.15, 0.2) is 0 Å². The maximum Gasteiger partial charge on any atom is 0.0648 e. The van der Waals surface area contributed by atoms with Gasteiger partial charge < -0.3 is 10.2 Å². The number of aliphatic hydroxyl groups is 2. The molecule has 0 saturated heterocycles. The molecule has 0 aromatic carbocycles. The van der Waals surface area contributed by atoms with Gasteiger partial charge in [0.05, 0.1) is 11.7 Å². The van der Waals surface area contributed by atoms with Crippen LogP contribution in [0.15, 0.2) is 0 Å². The second-order valence-corrected chi connectivity index (χ2v) is 5.23. The zero-order chi connectivity index (χ0) is 10.0. The fourth-order valence-electron chi connectivity index (χ4n) is 2.81. The van der Waals surface area contributed by atoms with Crippen LogP contribution in [0, 0.1) is 5.92 Å². The van der Waals surface area contributed by atoms with E-state index in [1.54, 1.807) is 0 Å². The molecule has 0 aromatic heterocycles. The van der Waals surface area contributed by atoms with Crippen LogP contribution in [-0.2, 0) is 0 Å². The van der Waals surface area contributed by atoms with Crippen LogP contribution in [0.2, 0.25) is 0 Å². The third kappa shape index (κ3) is 2.29. The first-order chi connectivity index (χ1) is 6.70. The van der Waals surface area contributed by atoms with Crippen LogP contribution in [0.1, 0.15) is 57.8 Å². The molecule has 0 amide bonds. The first kappa shape index (κ1) is 10.4. The summed E-state index contributed by atoms with van der Waals surface area (Å²) in [6, 6.07) is 0. The van der Waals surface area contributed by atoms with Crippen molar-refractivity contribution < 1.29 is 10.2 Å². The summed E-state index contributed by atoms with van der Waals surface area (Å²) < 4.78 is 0. The monoisotopic (exact) mass is 198 g/mol. The van der Waals surface area contributed by atoms with Crippen molar-refractivity contribution in [1.29, 1.82) is 0 Å². The number of rotatable bonds is 3. The van der Waals surface area contributed by atoms with Gasteiger partial charge >= 0.3 is 0 Å². The minimum absolute atomic E-state index is 0.0903. The molecule has 2 aliphatic carbocycles. The fraction of sp³-hybridized carbons (Fsp3) is 1.00. The summed E-state index contributed by atoms with van der Waals surface area (Å²) in [6.45, 7) is 0. The van der Waals surface area contributed by atoms with Crippen LogP contribution in [-0.4, -0.2) is 21.9 Å². The lowest BCUT2D eigenvalue weighted by molar-refractivity contribution is -0.0514. The highest BCUT2D eigenvalue weighted by Gasteiger charge is 2.35. The molecule has 2 saturated carbocycles. The van der Waals surface area contributed by atoms with Crippen LogP contribution < -0.4 is 0 Å². The highest BCUT2D eigenvalue weighted by molar-refractivity contribution is 4.88. The van der Waals surface area contributed by atoms with Crippen molar-refractivity contribution in [3.05, 3.63) is 0 Å². The first-order valence-corrected chi connectivity index (χ1v) is 6.10. The average molecular weight is 198 g/mol. The van der Waals surface area contributed by atoms with Crippen molar-refractivity contribution in [2.45, 2.75) is 69.5 Å². The Kier molecular flexibility index (Phi) is 3.13. The van der Waals surface area contributed by atoms with Crippen LogP contribution >= 0.6 is 0 Å². The van der Waals surface area contributed by atoms with Gasteiger partial charge in [0, 0.05) is 0 Å². The SMILES string of the molecule is OC1CCCCC1CCC1(O)CCC1. The first-order valence-electron chi connectivity index (χ1n) is 6.10. The van der Waals surface area contributed by atoms with Gasteiger partial charge in [-0.2, -0.15) is 0 Å². The molecule has 0 aliphatic heterocycles. The van der Waals surface area contributed by atoms with Crippen molar-refractivity contribution in [3.63, 3.8) is 0 Å². The van der Waals surface area contributed by atoms with E-state index in [-0.39, 0.29) is 11.7 Å². The van der Waals surface area contributed by atoms with E-state index < -0.39 is 0 Å². The van der Waals surface area contributed by atoms with Crippen LogP contribution in [0.25, 0.3) is 0 Å². The molecule has 2 atom stereocenters. The van der Waals surface area contributed by atoms with Gasteiger partial charge in [0.1, 0.15) is 0 Å². The largest absolute Gasteiger partial charge is 0.393 e. The molecule has 0 spiro atoms. The lowest BCUT2D eigenvalue weighted by atomic mass is 9.73. The highest BCUT2D eigenvalue weighted by atomic mass is 16.3. The molecule has 2 unspecified atom stereocenters. The maximum atomic E-state index is 9.95. The predicted octanol–water partition coefficient (Wildman–Crippen LogP) is 2.23. The lowest BCUT2D eigenvalue weighted by Crippen LogP contribution is -2.38. The molecule has 2 rings (SSSR count). The highest BCUT2D eigenvalue weighted by Crippen LogP contribution is 2.38. The maximum absolute atomic E-state index is 9.95. The van der Waals surface area contributed by atoms with E-state index in [2.05, 4.69) is 0 Å². The average Bonchev–Trinajstić information content (AvgIpc) is 2.14. The molecule has 2 fully saturated rings. The van der Waals surface area contributed by atoms with Gasteiger partial charge in [0.25, 0.3) is 0 Å². The Hall–Kier alpha value is -0.0800. The lowest BCUT2D eigenvalue weighted by Gasteiger charge is -2.38. The quantitative estimate of drug-likeness (QED) is 0.730. The van der Waals surface area contributed by atoms with E-state index in [9.17, 15) is 10.2 Å². The smallest absolute Gasteiger partial charge is 0.0648 e. The summed E-state index contributed by atoms with van der Waals surface area (Å²) in [6.07, 6.45) is 9.58. The second-order valence-electron chi connectivity index (χ2n) is 5.23. The molecule has 0 aromatic rings. The van der Waals surface area contributed by atoms with E-state index in [0.717, 1.165) is 38.5 Å². The Bertz CT molecular complexity index is 187. The Morgan fingerprint density at radius 1 is 1.07 bits per heavy atom. The number of hydrogen-bond donors (Lipinski definition) is 2. The van der Waals surface area contributed by atoms with E-state index in [1.165, 1.54) is 19.3 Å². The third-order valence-corrected chi connectivity index (χ3v) is 4.13. The number of aliphatic hydroxyl groups excluding tert-OH is 1. The van der Waals surface area contributed by atoms with Gasteiger partial charge in [-0.3, -0.25) is 0 Å². The predicted molar refractivity (Wildman–Crippen MR) is 56.0 cm³/mol. The molecule has 0 radical (unpaired) electrons. The van der Waals surface area contributed by atoms with Gasteiger partial charge in [0.2, 0.25) is 0 Å². The summed E-state index contributed by atoms with van der Waals surface area (Å²) >= 11 is 0. The van der Waals surface area contributed by atoms with Crippen LogP contribution in [0.3, 0.4) is 0 Å². The summed E-state index contributed by atoms with van der Waals surface area (Å²) in [5.41, 5.74) is -0.350. The summed E-state index contributed by atoms with van der Waals surface area (Å²) in [5.74, 6) is 0.466. The molecule has 82 valence electrons. The molecular formula is C12H22O2. The standard InChI is InChI=1S/C12H22O2/c13-11-5-2-1-4-10(11)6-9-12(14)7-3-8-12/h10-11,13-14H,1-9H2. The van der Waals surface area contributed by atoms with Crippen molar-refractivity contribution in [3.8, 4) is 0 Å². The zero-order valence-electron chi connectivity index (χ0n) is 8.91. The molecule has 2 aliphatic rings. The van der Waals surface area contributed by atoms with E-state index in [0.29, 0.717) is 5.92 Å². The topological polar surface area (TPSA) is 40.5 Å². The molecule has 2 N–H and O–H groups in total. The van der Waals surface area contributed by atoms with Gasteiger partial charge in [-0.15, -0.1) is 0 Å². The van der Waals surface area contributed by atoms with Gasteiger partial charge in [-0.25, -0.2) is 0 Å². The summed E-state index contributed by atoms with van der Waals surface area (Å²) in [7, 11) is 0. The molecule has 2 heteroatoms. The molecular weight excluding hydrogens is 176 g/mol. The van der Waals surface area contributed by atoms with E-state index in [4.69, 9.17) is 0 Å². The minimum atomic E-state index is -0.350. The van der Waals surface area contributed by atoms with Gasteiger partial charge in [-0.1, -0.05) is 12.8 Å². The third-order valence-electron chi connectivity index (χ3n) is 4.13. The Balaban J connectivity index is 1.73. The Morgan fingerprint density at radius 3 is 2.36 bits per heavy atom. The van der Waals surface area contributed by atoms with Crippen molar-refractivity contribution in [2.75, 3.05) is 0 Å². The van der Waals surface area contributed by atoms with E-state index >= 15 is 0 Å². The van der Waals surface area contributed by atoms with Crippen LogP contribution in [0.5, 0.6) is 0 Å². The van der Waals surface area contributed by atoms with Crippen molar-refractivity contribution in [1.82, 2.24) is 0 Å². The molecule has 0 heterocycles. The van der Waals surface area contributed by atoms with Crippen LogP contribution in [0.4, 0.5) is 0 Å². The van der Waals surface area contributed by atoms with Crippen molar-refractivity contribution >= 4 is 0 Å². The van der Waals surface area contributed by atoms with E-state index in [1.807, 2.05) is 0 Å². The molecule has 14 heavy (non-hydrogen) atoms. The number of hydrogen-bond acceptors (Lipinski definition) is 2. The summed E-state index contributed by atoms with van der Waals surface area (Å²) in [5, 5.41) is 19.7. The normalized spacial score (nSPS) is 36.4. The fourth-order valence-corrected chi connectivity index (χ4v) is 2.81. The molecule has 0 bridgehead atoms. The minimum Gasteiger partial charge on any atom is -0.393 e.